The van der Waals surface area contributed by atoms with Crippen molar-refractivity contribution in [2.75, 3.05) is 5.73 Å². The van der Waals surface area contributed by atoms with Crippen LogP contribution in [0.1, 0.15) is 17.5 Å². The molecular weight excluding hydrogens is 324 g/mol. The zero-order chi connectivity index (χ0) is 18.1. The van der Waals surface area contributed by atoms with E-state index in [2.05, 4.69) is 27.2 Å². The van der Waals surface area contributed by atoms with Crippen molar-refractivity contribution in [3.05, 3.63) is 71.4 Å². The highest BCUT2D eigenvalue weighted by atomic mass is 16.2. The monoisotopic (exact) mass is 344 g/mol. The summed E-state index contributed by atoms with van der Waals surface area (Å²) in [6.45, 7) is 0. The zero-order valence-corrected chi connectivity index (χ0v) is 14.6. The first-order chi connectivity index (χ1) is 12.6. The molecule has 0 saturated heterocycles. The fourth-order valence-corrected chi connectivity index (χ4v) is 3.30. The predicted octanol–water partition coefficient (Wildman–Crippen LogP) is 3.26. The predicted molar refractivity (Wildman–Crippen MR) is 106 cm³/mol. The number of nitrogens with two attached hydrogens (primary N) is 1. The van der Waals surface area contributed by atoms with Crippen LogP contribution in [0.2, 0.25) is 0 Å². The fourth-order valence-electron chi connectivity index (χ4n) is 3.30. The average Bonchev–Trinajstić information content (AvgIpc) is 3.16. The van der Waals surface area contributed by atoms with Crippen LogP contribution in [-0.2, 0) is 18.3 Å². The lowest BCUT2D eigenvalue weighted by Crippen LogP contribution is -2.13. The first kappa shape index (κ1) is 16.1. The number of carbonyl (C=O) groups is 1. The van der Waals surface area contributed by atoms with Gasteiger partial charge < -0.3 is 10.3 Å². The quantitative estimate of drug-likeness (QED) is 0.563. The van der Waals surface area contributed by atoms with Crippen LogP contribution in [0.3, 0.4) is 0 Å². The summed E-state index contributed by atoms with van der Waals surface area (Å²) < 4.78 is 2.07. The molecule has 0 atom stereocenters. The van der Waals surface area contributed by atoms with E-state index >= 15 is 0 Å². The topological polar surface area (TPSA) is 72.4 Å². The molecule has 3 aromatic rings. The first-order valence-electron chi connectivity index (χ1n) is 8.59. The lowest BCUT2D eigenvalue weighted by molar-refractivity contribution is -0.116. The Balaban J connectivity index is 1.61. The van der Waals surface area contributed by atoms with Crippen molar-refractivity contribution in [1.82, 2.24) is 9.99 Å². The molecule has 1 aliphatic rings. The van der Waals surface area contributed by atoms with Gasteiger partial charge in [0, 0.05) is 35.4 Å². The molecule has 3 N–H and O–H groups in total. The average molecular weight is 344 g/mol. The minimum Gasteiger partial charge on any atom is -0.399 e. The summed E-state index contributed by atoms with van der Waals surface area (Å²) in [4.78, 5) is 12.3. The van der Waals surface area contributed by atoms with Crippen LogP contribution in [0, 0.1) is 0 Å². The molecule has 0 saturated carbocycles. The van der Waals surface area contributed by atoms with E-state index in [1.54, 1.807) is 0 Å². The highest BCUT2D eigenvalue weighted by Gasteiger charge is 2.22. The van der Waals surface area contributed by atoms with Gasteiger partial charge in [-0.15, -0.1) is 0 Å². The number of hydrogen-bond donors (Lipinski definition) is 2. The van der Waals surface area contributed by atoms with Gasteiger partial charge in [-0.1, -0.05) is 30.3 Å². The molecule has 0 unspecified atom stereocenters. The van der Waals surface area contributed by atoms with Crippen LogP contribution in [0.25, 0.3) is 17.0 Å². The van der Waals surface area contributed by atoms with E-state index in [1.807, 2.05) is 55.7 Å². The van der Waals surface area contributed by atoms with E-state index in [1.165, 1.54) is 5.56 Å². The van der Waals surface area contributed by atoms with Crippen molar-refractivity contribution in [2.24, 2.45) is 12.1 Å². The molecule has 130 valence electrons. The van der Waals surface area contributed by atoms with Crippen LogP contribution in [0.4, 0.5) is 5.69 Å². The minimum absolute atomic E-state index is 0.148. The summed E-state index contributed by atoms with van der Waals surface area (Å²) in [5.41, 5.74) is 13.8. The standard InChI is InChI=1S/C21H20N4O/c1-25-13-15(17-4-2-3-5-20(17)25)12-18-19(23-24-21(18)26)11-8-14-6-9-16(22)10-7-14/h2-7,9-10,12-13H,8,11,22H2,1H3,(H,24,26). The largest absolute Gasteiger partial charge is 0.399 e. The maximum atomic E-state index is 12.3. The molecule has 1 amide bonds. The van der Waals surface area contributed by atoms with Crippen LogP contribution < -0.4 is 11.2 Å². The lowest BCUT2D eigenvalue weighted by atomic mass is 10.00. The van der Waals surface area contributed by atoms with Crippen molar-refractivity contribution in [2.45, 2.75) is 12.8 Å². The van der Waals surface area contributed by atoms with Gasteiger partial charge in [-0.05, 0) is 42.7 Å². The second-order valence-corrected chi connectivity index (χ2v) is 6.51. The second kappa shape index (κ2) is 6.52. The third kappa shape index (κ3) is 2.99. The Morgan fingerprint density at radius 3 is 2.69 bits per heavy atom. The molecule has 0 fully saturated rings. The highest BCUT2D eigenvalue weighted by Crippen LogP contribution is 2.24. The summed E-state index contributed by atoms with van der Waals surface area (Å²) >= 11 is 0. The Bertz CT molecular complexity index is 1040. The van der Waals surface area contributed by atoms with Gasteiger partial charge >= 0.3 is 0 Å². The Labute approximate surface area is 151 Å². The summed E-state index contributed by atoms with van der Waals surface area (Å²) in [6, 6.07) is 16.0. The number of nitrogens with zero attached hydrogens (tertiary/aromatic N) is 2. The molecule has 2 aromatic carbocycles. The number of amides is 1. The summed E-state index contributed by atoms with van der Waals surface area (Å²) in [5, 5.41) is 5.36. The number of nitrogens with one attached hydrogen (secondary N) is 1. The van der Waals surface area contributed by atoms with E-state index in [0.717, 1.165) is 34.3 Å². The van der Waals surface area contributed by atoms with E-state index in [-0.39, 0.29) is 5.91 Å². The number of hydrazone groups is 1. The molecule has 1 aliphatic heterocycles. The molecule has 1 aromatic heterocycles. The van der Waals surface area contributed by atoms with E-state index in [0.29, 0.717) is 12.0 Å². The number of fused-ring (bicyclic) bond motifs is 1. The van der Waals surface area contributed by atoms with Crippen molar-refractivity contribution in [3.8, 4) is 0 Å². The van der Waals surface area contributed by atoms with Gasteiger partial charge in [0.25, 0.3) is 5.91 Å². The van der Waals surface area contributed by atoms with Crippen LogP contribution in [-0.4, -0.2) is 16.2 Å². The number of para-hydroxylation sites is 1. The number of carbonyl (C=O) groups excluding carboxylic acids is 1. The van der Waals surface area contributed by atoms with Crippen LogP contribution in [0.5, 0.6) is 0 Å². The van der Waals surface area contributed by atoms with Gasteiger partial charge in [-0.25, -0.2) is 5.43 Å². The van der Waals surface area contributed by atoms with E-state index < -0.39 is 0 Å². The molecule has 0 spiro atoms. The number of benzene rings is 2. The molecule has 0 aliphatic carbocycles. The second-order valence-electron chi connectivity index (χ2n) is 6.51. The van der Waals surface area contributed by atoms with Gasteiger partial charge in [0.05, 0.1) is 11.3 Å². The Morgan fingerprint density at radius 1 is 1.12 bits per heavy atom. The molecule has 2 heterocycles. The number of nitrogen functional groups attached to an aromatic ring is 1. The lowest BCUT2D eigenvalue weighted by Gasteiger charge is -2.03. The van der Waals surface area contributed by atoms with Crippen molar-refractivity contribution < 1.29 is 4.79 Å². The molecule has 26 heavy (non-hydrogen) atoms. The molecule has 4 rings (SSSR count). The molecule has 0 radical (unpaired) electrons. The van der Waals surface area contributed by atoms with Crippen LogP contribution >= 0.6 is 0 Å². The Hall–Kier alpha value is -3.34. The van der Waals surface area contributed by atoms with Gasteiger partial charge in [0.15, 0.2) is 0 Å². The van der Waals surface area contributed by atoms with Gasteiger partial charge in [-0.2, -0.15) is 5.10 Å². The van der Waals surface area contributed by atoms with E-state index in [9.17, 15) is 4.79 Å². The first-order valence-corrected chi connectivity index (χ1v) is 8.59. The van der Waals surface area contributed by atoms with Crippen molar-refractivity contribution >= 4 is 34.3 Å². The number of hydrogen-bond acceptors (Lipinski definition) is 3. The number of aromatic nitrogens is 1. The fraction of sp³-hybridized carbons (Fsp3) is 0.143. The molecule has 5 nitrogen and oxygen atoms in total. The van der Waals surface area contributed by atoms with Crippen molar-refractivity contribution in [3.63, 3.8) is 0 Å². The van der Waals surface area contributed by atoms with Crippen molar-refractivity contribution in [1.29, 1.82) is 0 Å². The van der Waals surface area contributed by atoms with Gasteiger partial charge in [0.1, 0.15) is 0 Å². The molecular formula is C21H20N4O. The van der Waals surface area contributed by atoms with Crippen LogP contribution in [0.15, 0.2) is 65.4 Å². The van der Waals surface area contributed by atoms with E-state index in [4.69, 9.17) is 5.73 Å². The third-order valence-electron chi connectivity index (χ3n) is 4.71. The maximum absolute atomic E-state index is 12.3. The van der Waals surface area contributed by atoms with Gasteiger partial charge in [-0.3, -0.25) is 4.79 Å². The molecule has 0 bridgehead atoms. The molecule has 5 heteroatoms. The zero-order valence-electron chi connectivity index (χ0n) is 14.6. The SMILES string of the molecule is Cn1cc(C=C2C(=O)NN=C2CCc2ccc(N)cc2)c2ccccc21. The Kier molecular flexibility index (Phi) is 4.05. The normalized spacial score (nSPS) is 15.5. The Morgan fingerprint density at radius 2 is 1.88 bits per heavy atom. The minimum atomic E-state index is -0.148. The number of anilines is 1. The third-order valence-corrected chi connectivity index (χ3v) is 4.71. The summed E-state index contributed by atoms with van der Waals surface area (Å²) in [7, 11) is 2.01. The maximum Gasteiger partial charge on any atom is 0.273 e. The number of rotatable bonds is 4. The number of aryl methyl sites for hydroxylation is 2. The summed E-state index contributed by atoms with van der Waals surface area (Å²) in [5.74, 6) is -0.148. The highest BCUT2D eigenvalue weighted by molar-refractivity contribution is 6.28. The van der Waals surface area contributed by atoms with Gasteiger partial charge in [0.2, 0.25) is 0 Å². The smallest absolute Gasteiger partial charge is 0.273 e. The summed E-state index contributed by atoms with van der Waals surface area (Å²) in [6.07, 6.45) is 5.48.